The molecule has 21 heavy (non-hydrogen) atoms. The normalized spacial score (nSPS) is 28.7. The second kappa shape index (κ2) is 5.37. The first-order valence-electron chi connectivity index (χ1n) is 7.63. The van der Waals surface area contributed by atoms with Gasteiger partial charge in [0.1, 0.15) is 4.90 Å². The molecule has 118 valence electrons. The van der Waals surface area contributed by atoms with Crippen LogP contribution in [0.1, 0.15) is 37.1 Å². The van der Waals surface area contributed by atoms with E-state index in [9.17, 15) is 8.42 Å². The predicted molar refractivity (Wildman–Crippen MR) is 80.0 cm³/mol. The molecular formula is C14H24N4O2S. The Kier molecular flexibility index (Phi) is 3.83. The fourth-order valence-electron chi connectivity index (χ4n) is 4.13. The molecule has 2 aliphatic carbocycles. The number of aromatic amines is 1. The van der Waals surface area contributed by atoms with E-state index < -0.39 is 10.0 Å². The maximum atomic E-state index is 12.8. The Labute approximate surface area is 126 Å². The summed E-state index contributed by atoms with van der Waals surface area (Å²) in [4.78, 5) is 0.260. The Morgan fingerprint density at radius 1 is 1.38 bits per heavy atom. The first kappa shape index (κ1) is 15.0. The molecule has 3 rings (SSSR count). The van der Waals surface area contributed by atoms with Gasteiger partial charge in [-0.25, -0.2) is 12.7 Å². The number of H-pyrrole nitrogens is 1. The lowest BCUT2D eigenvalue weighted by molar-refractivity contribution is 0.280. The molecule has 0 saturated heterocycles. The largest absolute Gasteiger partial charge is 0.325 e. The fraction of sp³-hybridized carbons (Fsp3) is 0.786. The molecule has 2 fully saturated rings. The molecule has 7 heteroatoms. The summed E-state index contributed by atoms with van der Waals surface area (Å²) >= 11 is 0. The molecular weight excluding hydrogens is 288 g/mol. The Balaban J connectivity index is 1.79. The Morgan fingerprint density at radius 2 is 2.14 bits per heavy atom. The zero-order chi connectivity index (χ0) is 15.2. The molecule has 1 aromatic rings. The standard InChI is InChI=1S/C14H24N4O2S/c1-9-14(13(7-15)17-16-9)21(19,20)18(2)8-12-6-10-3-4-11(12)5-10/h10-12H,3-8,15H2,1-2H3,(H,16,17). The van der Waals surface area contributed by atoms with E-state index in [1.807, 2.05) is 0 Å². The highest BCUT2D eigenvalue weighted by molar-refractivity contribution is 7.89. The summed E-state index contributed by atoms with van der Waals surface area (Å²) in [7, 11) is -1.84. The number of rotatable bonds is 5. The molecule has 1 heterocycles. The molecule has 0 aliphatic heterocycles. The number of hydrogen-bond acceptors (Lipinski definition) is 4. The van der Waals surface area contributed by atoms with Gasteiger partial charge in [-0.3, -0.25) is 5.10 Å². The van der Waals surface area contributed by atoms with E-state index in [4.69, 9.17) is 5.73 Å². The highest BCUT2D eigenvalue weighted by Gasteiger charge is 2.41. The minimum absolute atomic E-state index is 0.126. The van der Waals surface area contributed by atoms with Gasteiger partial charge in [-0.1, -0.05) is 6.42 Å². The third kappa shape index (κ3) is 2.51. The highest BCUT2D eigenvalue weighted by Crippen LogP contribution is 2.48. The molecule has 3 N–H and O–H groups in total. The van der Waals surface area contributed by atoms with Crippen molar-refractivity contribution in [2.75, 3.05) is 13.6 Å². The fourth-order valence-corrected chi connectivity index (χ4v) is 5.69. The predicted octanol–water partition coefficient (Wildman–Crippen LogP) is 1.23. The minimum atomic E-state index is -3.51. The molecule has 0 amide bonds. The summed E-state index contributed by atoms with van der Waals surface area (Å²) in [5, 5.41) is 6.73. The molecule has 2 aliphatic rings. The summed E-state index contributed by atoms with van der Waals surface area (Å²) in [6.45, 7) is 2.46. The van der Waals surface area contributed by atoms with Gasteiger partial charge in [0.05, 0.1) is 11.4 Å². The van der Waals surface area contributed by atoms with Gasteiger partial charge >= 0.3 is 0 Å². The van der Waals surface area contributed by atoms with Crippen molar-refractivity contribution in [3.63, 3.8) is 0 Å². The van der Waals surface area contributed by atoms with Gasteiger partial charge in [0.2, 0.25) is 10.0 Å². The first-order valence-corrected chi connectivity index (χ1v) is 9.07. The van der Waals surface area contributed by atoms with Crippen molar-refractivity contribution >= 4 is 10.0 Å². The van der Waals surface area contributed by atoms with Crippen molar-refractivity contribution in [1.29, 1.82) is 0 Å². The smallest absolute Gasteiger partial charge is 0.246 e. The average molecular weight is 312 g/mol. The van der Waals surface area contributed by atoms with Crippen LogP contribution in [0.25, 0.3) is 0 Å². The van der Waals surface area contributed by atoms with Crippen LogP contribution in [0, 0.1) is 24.7 Å². The SMILES string of the molecule is Cc1[nH]nc(CN)c1S(=O)(=O)N(C)CC1CC2CCC1C2. The van der Waals surface area contributed by atoms with Crippen LogP contribution in [0.4, 0.5) is 0 Å². The number of nitrogens with zero attached hydrogens (tertiary/aromatic N) is 2. The molecule has 0 spiro atoms. The van der Waals surface area contributed by atoms with Crippen molar-refractivity contribution in [1.82, 2.24) is 14.5 Å². The van der Waals surface area contributed by atoms with Gasteiger partial charge in [-0.05, 0) is 43.9 Å². The highest BCUT2D eigenvalue weighted by atomic mass is 32.2. The monoisotopic (exact) mass is 312 g/mol. The summed E-state index contributed by atoms with van der Waals surface area (Å²) in [5.41, 5.74) is 6.60. The van der Waals surface area contributed by atoms with E-state index in [-0.39, 0.29) is 11.4 Å². The quantitative estimate of drug-likeness (QED) is 0.855. The maximum absolute atomic E-state index is 12.8. The molecule has 6 nitrogen and oxygen atoms in total. The number of sulfonamides is 1. The Bertz CT molecular complexity index is 625. The molecule has 2 bridgehead atoms. The van der Waals surface area contributed by atoms with Gasteiger partial charge in [0.15, 0.2) is 0 Å². The van der Waals surface area contributed by atoms with E-state index in [0.29, 0.717) is 29.8 Å². The van der Waals surface area contributed by atoms with Crippen molar-refractivity contribution in [3.05, 3.63) is 11.4 Å². The number of aryl methyl sites for hydroxylation is 1. The average Bonchev–Trinajstić information content (AvgIpc) is 3.13. The molecule has 2 saturated carbocycles. The first-order chi connectivity index (χ1) is 9.93. The van der Waals surface area contributed by atoms with Gasteiger partial charge < -0.3 is 5.73 Å². The summed E-state index contributed by atoms with van der Waals surface area (Å²) in [6.07, 6.45) is 5.06. The van der Waals surface area contributed by atoms with E-state index in [0.717, 1.165) is 5.92 Å². The lowest BCUT2D eigenvalue weighted by Crippen LogP contribution is -2.34. The van der Waals surface area contributed by atoms with Gasteiger partial charge in [0.25, 0.3) is 0 Å². The summed E-state index contributed by atoms with van der Waals surface area (Å²) < 4.78 is 27.1. The van der Waals surface area contributed by atoms with Crippen molar-refractivity contribution < 1.29 is 8.42 Å². The van der Waals surface area contributed by atoms with Crippen LogP contribution in [0.5, 0.6) is 0 Å². The van der Waals surface area contributed by atoms with Crippen LogP contribution in [-0.2, 0) is 16.6 Å². The maximum Gasteiger partial charge on any atom is 0.246 e. The van der Waals surface area contributed by atoms with Crippen molar-refractivity contribution in [2.45, 2.75) is 44.0 Å². The number of nitrogens with two attached hydrogens (primary N) is 1. The van der Waals surface area contributed by atoms with E-state index in [1.165, 1.54) is 30.0 Å². The second-order valence-electron chi connectivity index (χ2n) is 6.55. The van der Waals surface area contributed by atoms with Gasteiger partial charge in [-0.15, -0.1) is 0 Å². The lowest BCUT2D eigenvalue weighted by Gasteiger charge is -2.26. The van der Waals surface area contributed by atoms with Gasteiger partial charge in [0, 0.05) is 20.1 Å². The minimum Gasteiger partial charge on any atom is -0.325 e. The van der Waals surface area contributed by atoms with Crippen LogP contribution >= 0.6 is 0 Å². The second-order valence-corrected chi connectivity index (χ2v) is 8.53. The summed E-state index contributed by atoms with van der Waals surface area (Å²) in [5.74, 6) is 2.05. The third-order valence-corrected chi connectivity index (χ3v) is 7.23. The van der Waals surface area contributed by atoms with E-state index >= 15 is 0 Å². The van der Waals surface area contributed by atoms with Crippen LogP contribution in [0.2, 0.25) is 0 Å². The Hall–Kier alpha value is -0.920. The molecule has 1 aromatic heterocycles. The third-order valence-electron chi connectivity index (χ3n) is 5.20. The molecule has 3 atom stereocenters. The van der Waals surface area contributed by atoms with Crippen LogP contribution in [0.3, 0.4) is 0 Å². The van der Waals surface area contributed by atoms with Crippen LogP contribution in [-0.4, -0.2) is 36.5 Å². The molecule has 3 unspecified atom stereocenters. The van der Waals surface area contributed by atoms with E-state index in [2.05, 4.69) is 10.2 Å². The lowest BCUT2D eigenvalue weighted by atomic mass is 9.89. The van der Waals surface area contributed by atoms with Crippen LogP contribution < -0.4 is 5.73 Å². The van der Waals surface area contributed by atoms with Crippen molar-refractivity contribution in [2.24, 2.45) is 23.5 Å². The molecule has 0 aromatic carbocycles. The number of fused-ring (bicyclic) bond motifs is 2. The zero-order valence-corrected chi connectivity index (χ0v) is 13.5. The number of aromatic nitrogens is 2. The zero-order valence-electron chi connectivity index (χ0n) is 12.7. The van der Waals surface area contributed by atoms with Crippen LogP contribution in [0.15, 0.2) is 4.90 Å². The topological polar surface area (TPSA) is 92.1 Å². The van der Waals surface area contributed by atoms with Gasteiger partial charge in [-0.2, -0.15) is 5.10 Å². The number of hydrogen-bond donors (Lipinski definition) is 2. The number of nitrogens with one attached hydrogen (secondary N) is 1. The van der Waals surface area contributed by atoms with E-state index in [1.54, 1.807) is 14.0 Å². The Morgan fingerprint density at radius 3 is 2.71 bits per heavy atom. The summed E-state index contributed by atoms with van der Waals surface area (Å²) in [6, 6.07) is 0. The molecule has 0 radical (unpaired) electrons. The van der Waals surface area contributed by atoms with Crippen molar-refractivity contribution in [3.8, 4) is 0 Å².